The lowest BCUT2D eigenvalue weighted by Crippen LogP contribution is -2.63. The predicted molar refractivity (Wildman–Crippen MR) is 42.1 cm³/mol. The van der Waals surface area contributed by atoms with Crippen molar-refractivity contribution in [3.63, 3.8) is 0 Å². The predicted octanol–water partition coefficient (Wildman–Crippen LogP) is -0.306. The number of para-hydroxylation sites is 1. The molecule has 52 valence electrons. The summed E-state index contributed by atoms with van der Waals surface area (Å²) < 4.78 is 0. The minimum atomic E-state index is 1.06. The van der Waals surface area contributed by atoms with Crippen LogP contribution < -0.4 is 10.7 Å². The Balaban J connectivity index is 3.03. The van der Waals surface area contributed by atoms with Crippen molar-refractivity contribution in [1.29, 1.82) is 0 Å². The van der Waals surface area contributed by atoms with Gasteiger partial charge in [-0.1, -0.05) is 18.2 Å². The quantitative estimate of drug-likeness (QED) is 0.402. The van der Waals surface area contributed by atoms with Crippen molar-refractivity contribution in [3.05, 3.63) is 29.8 Å². The maximum absolute atomic E-state index is 5.19. The van der Waals surface area contributed by atoms with Crippen LogP contribution in [0, 0.1) is 6.92 Å². The average molecular weight is 135 g/mol. The summed E-state index contributed by atoms with van der Waals surface area (Å²) in [5.74, 6) is 0. The fourth-order valence-corrected chi connectivity index (χ4v) is 0.825. The first-order valence-electron chi connectivity index (χ1n) is 3.20. The summed E-state index contributed by atoms with van der Waals surface area (Å²) in [5.41, 5.74) is 7.45. The van der Waals surface area contributed by atoms with Crippen LogP contribution in [0.4, 0.5) is 5.69 Å². The Morgan fingerprint density at radius 2 is 2.10 bits per heavy atom. The van der Waals surface area contributed by atoms with Gasteiger partial charge in [-0.25, -0.2) is 4.99 Å². The SMILES string of the molecule is Cc1ccccc1[NH+]=CN. The fraction of sp³-hybridized carbons (Fsp3) is 0.125. The second kappa shape index (κ2) is 3.01. The van der Waals surface area contributed by atoms with Crippen LogP contribution in [-0.2, 0) is 0 Å². The van der Waals surface area contributed by atoms with Crippen molar-refractivity contribution < 1.29 is 4.99 Å². The first-order valence-corrected chi connectivity index (χ1v) is 3.20. The van der Waals surface area contributed by atoms with Gasteiger partial charge in [0.15, 0.2) is 0 Å². The van der Waals surface area contributed by atoms with Gasteiger partial charge in [-0.3, -0.25) is 5.73 Å². The summed E-state index contributed by atoms with van der Waals surface area (Å²) in [7, 11) is 0. The first-order chi connectivity index (χ1) is 4.84. The van der Waals surface area contributed by atoms with Crippen LogP contribution in [0.2, 0.25) is 0 Å². The molecule has 1 rings (SSSR count). The Hall–Kier alpha value is -1.31. The molecule has 0 aliphatic carbocycles. The van der Waals surface area contributed by atoms with Crippen molar-refractivity contribution in [1.82, 2.24) is 0 Å². The Morgan fingerprint density at radius 3 is 2.70 bits per heavy atom. The Kier molecular flexibility index (Phi) is 2.05. The van der Waals surface area contributed by atoms with Crippen molar-refractivity contribution in [2.24, 2.45) is 5.73 Å². The second-order valence-electron chi connectivity index (χ2n) is 2.13. The number of nitrogens with one attached hydrogen (secondary N) is 1. The molecule has 1 aromatic rings. The van der Waals surface area contributed by atoms with E-state index in [-0.39, 0.29) is 0 Å². The van der Waals surface area contributed by atoms with Gasteiger partial charge >= 0.3 is 0 Å². The van der Waals surface area contributed by atoms with Gasteiger partial charge in [0.2, 0.25) is 6.34 Å². The van der Waals surface area contributed by atoms with E-state index in [0.717, 1.165) is 5.69 Å². The molecule has 2 heteroatoms. The molecule has 0 radical (unpaired) electrons. The van der Waals surface area contributed by atoms with E-state index in [4.69, 9.17) is 5.73 Å². The van der Waals surface area contributed by atoms with E-state index in [2.05, 4.69) is 4.99 Å². The number of benzene rings is 1. The number of hydrogen-bond acceptors (Lipinski definition) is 0. The minimum absolute atomic E-state index is 1.06. The molecule has 0 aliphatic heterocycles. The van der Waals surface area contributed by atoms with Crippen LogP contribution in [0.15, 0.2) is 24.3 Å². The Morgan fingerprint density at radius 1 is 1.40 bits per heavy atom. The molecule has 0 saturated carbocycles. The van der Waals surface area contributed by atoms with Gasteiger partial charge in [0.25, 0.3) is 0 Å². The van der Waals surface area contributed by atoms with E-state index < -0.39 is 0 Å². The van der Waals surface area contributed by atoms with E-state index in [0.29, 0.717) is 0 Å². The van der Waals surface area contributed by atoms with Crippen molar-refractivity contribution in [2.75, 3.05) is 0 Å². The molecule has 0 fully saturated rings. The van der Waals surface area contributed by atoms with Gasteiger partial charge in [0, 0.05) is 0 Å². The smallest absolute Gasteiger partial charge is 0.232 e. The average Bonchev–Trinajstić information content (AvgIpc) is 1.94. The molecule has 0 amide bonds. The zero-order valence-corrected chi connectivity index (χ0v) is 5.96. The highest BCUT2D eigenvalue weighted by atomic mass is 14.8. The van der Waals surface area contributed by atoms with Crippen LogP contribution in [0.1, 0.15) is 5.56 Å². The summed E-state index contributed by atoms with van der Waals surface area (Å²) in [5, 5.41) is 0. The summed E-state index contributed by atoms with van der Waals surface area (Å²) in [4.78, 5) is 2.93. The number of aryl methyl sites for hydroxylation is 1. The van der Waals surface area contributed by atoms with Crippen molar-refractivity contribution in [3.8, 4) is 0 Å². The molecule has 2 nitrogen and oxygen atoms in total. The van der Waals surface area contributed by atoms with Crippen LogP contribution in [0.25, 0.3) is 0 Å². The molecule has 0 unspecified atom stereocenters. The molecule has 0 saturated heterocycles. The minimum Gasteiger partial charge on any atom is -0.293 e. The van der Waals surface area contributed by atoms with Gasteiger partial charge in [-0.15, -0.1) is 0 Å². The van der Waals surface area contributed by atoms with Gasteiger partial charge in [0.1, 0.15) is 5.69 Å². The summed E-state index contributed by atoms with van der Waals surface area (Å²) in [6.07, 6.45) is 1.43. The third kappa shape index (κ3) is 1.35. The normalized spacial score (nSPS) is 10.5. The topological polar surface area (TPSA) is 40.0 Å². The number of rotatable bonds is 1. The van der Waals surface area contributed by atoms with Crippen molar-refractivity contribution >= 4 is 12.0 Å². The summed E-state index contributed by atoms with van der Waals surface area (Å²) >= 11 is 0. The molecule has 0 aromatic heterocycles. The molecule has 0 bridgehead atoms. The van der Waals surface area contributed by atoms with E-state index in [1.54, 1.807) is 0 Å². The van der Waals surface area contributed by atoms with Crippen LogP contribution in [-0.4, -0.2) is 6.34 Å². The Labute approximate surface area is 60.4 Å². The molecule has 0 spiro atoms. The number of hydrogen-bond donors (Lipinski definition) is 2. The molecule has 1 aromatic carbocycles. The standard InChI is InChI=1S/C8H10N2/c1-7-4-2-3-5-8(7)10-6-9/h2-6H,1H3,(H2,9,10)/p+1. The fourth-order valence-electron chi connectivity index (χ4n) is 0.825. The highest BCUT2D eigenvalue weighted by Gasteiger charge is 1.92. The lowest BCUT2D eigenvalue weighted by Gasteiger charge is -1.92. The van der Waals surface area contributed by atoms with Crippen LogP contribution in [0.3, 0.4) is 0 Å². The highest BCUT2D eigenvalue weighted by Crippen LogP contribution is 2.04. The number of nitrogens with two attached hydrogens (primary N) is 1. The van der Waals surface area contributed by atoms with Crippen LogP contribution in [0.5, 0.6) is 0 Å². The molecule has 0 heterocycles. The maximum atomic E-state index is 5.19. The highest BCUT2D eigenvalue weighted by molar-refractivity contribution is 5.48. The lowest BCUT2D eigenvalue weighted by molar-refractivity contribution is -0.349. The molecule has 0 aliphatic rings. The molecular weight excluding hydrogens is 124 g/mol. The van der Waals surface area contributed by atoms with Gasteiger partial charge in [-0.05, 0) is 18.6 Å². The monoisotopic (exact) mass is 135 g/mol. The van der Waals surface area contributed by atoms with E-state index in [1.807, 2.05) is 31.2 Å². The van der Waals surface area contributed by atoms with Gasteiger partial charge in [-0.2, -0.15) is 0 Å². The first kappa shape index (κ1) is 6.81. The lowest BCUT2D eigenvalue weighted by atomic mass is 10.2. The van der Waals surface area contributed by atoms with E-state index >= 15 is 0 Å². The van der Waals surface area contributed by atoms with Crippen LogP contribution >= 0.6 is 0 Å². The molecule has 0 atom stereocenters. The summed E-state index contributed by atoms with van der Waals surface area (Å²) in [6, 6.07) is 7.99. The molecular formula is C8H11N2+. The summed E-state index contributed by atoms with van der Waals surface area (Å²) in [6.45, 7) is 2.03. The Bertz CT molecular complexity index is 241. The third-order valence-corrected chi connectivity index (χ3v) is 1.38. The molecule has 3 N–H and O–H groups in total. The third-order valence-electron chi connectivity index (χ3n) is 1.38. The zero-order valence-electron chi connectivity index (χ0n) is 5.96. The van der Waals surface area contributed by atoms with Gasteiger partial charge in [0.05, 0.1) is 0 Å². The maximum Gasteiger partial charge on any atom is 0.232 e. The molecule has 10 heavy (non-hydrogen) atoms. The van der Waals surface area contributed by atoms with E-state index in [1.165, 1.54) is 11.9 Å². The van der Waals surface area contributed by atoms with E-state index in [9.17, 15) is 0 Å². The largest absolute Gasteiger partial charge is 0.293 e. The second-order valence-corrected chi connectivity index (χ2v) is 2.13. The zero-order chi connectivity index (χ0) is 7.40. The van der Waals surface area contributed by atoms with Gasteiger partial charge < -0.3 is 0 Å². The van der Waals surface area contributed by atoms with Crippen molar-refractivity contribution in [2.45, 2.75) is 6.92 Å².